The lowest BCUT2D eigenvalue weighted by molar-refractivity contribution is -0.114. The quantitative estimate of drug-likeness (QED) is 0.775. The van der Waals surface area contributed by atoms with Gasteiger partial charge in [0.15, 0.2) is 0 Å². The fraction of sp³-hybridized carbons (Fsp3) is 0.357. The van der Waals surface area contributed by atoms with Crippen molar-refractivity contribution < 1.29 is 4.79 Å². The van der Waals surface area contributed by atoms with Gasteiger partial charge in [-0.15, -0.1) is 0 Å². The van der Waals surface area contributed by atoms with E-state index in [-0.39, 0.29) is 5.92 Å². The standard InChI is InChI=1S/C14H15N3O/c1-10-3-2-4-15-14(10)12-7-16-17(8-12)13-5-11(6-13)9-18/h2-4,7-9,11,13H,5-6H2,1H3. The summed E-state index contributed by atoms with van der Waals surface area (Å²) in [4.78, 5) is 15.0. The van der Waals surface area contributed by atoms with Gasteiger partial charge in [-0.05, 0) is 31.4 Å². The van der Waals surface area contributed by atoms with Crippen LogP contribution in [0.2, 0.25) is 0 Å². The van der Waals surface area contributed by atoms with Crippen LogP contribution >= 0.6 is 0 Å². The van der Waals surface area contributed by atoms with E-state index >= 15 is 0 Å². The van der Waals surface area contributed by atoms with E-state index in [0.717, 1.165) is 35.9 Å². The van der Waals surface area contributed by atoms with Gasteiger partial charge in [0.25, 0.3) is 0 Å². The molecule has 0 aromatic carbocycles. The number of hydrogen-bond acceptors (Lipinski definition) is 3. The number of rotatable bonds is 3. The topological polar surface area (TPSA) is 47.8 Å². The molecule has 1 saturated carbocycles. The molecule has 4 heteroatoms. The average molecular weight is 241 g/mol. The summed E-state index contributed by atoms with van der Waals surface area (Å²) in [6, 6.07) is 4.35. The van der Waals surface area contributed by atoms with Crippen LogP contribution in [0.15, 0.2) is 30.7 Å². The van der Waals surface area contributed by atoms with Crippen molar-refractivity contribution in [3.05, 3.63) is 36.3 Å². The summed E-state index contributed by atoms with van der Waals surface area (Å²) in [6.07, 6.45) is 8.54. The lowest BCUT2D eigenvalue weighted by Gasteiger charge is -2.31. The molecule has 0 N–H and O–H groups in total. The van der Waals surface area contributed by atoms with Gasteiger partial charge in [0, 0.05) is 23.9 Å². The molecule has 3 rings (SSSR count). The summed E-state index contributed by atoms with van der Waals surface area (Å²) in [6.45, 7) is 2.05. The number of aldehydes is 1. The lowest BCUT2D eigenvalue weighted by atomic mass is 9.81. The van der Waals surface area contributed by atoms with E-state index in [0.29, 0.717) is 6.04 Å². The van der Waals surface area contributed by atoms with Crippen LogP contribution in [-0.4, -0.2) is 21.1 Å². The van der Waals surface area contributed by atoms with Gasteiger partial charge in [-0.3, -0.25) is 9.67 Å². The summed E-state index contributed by atoms with van der Waals surface area (Å²) in [5, 5.41) is 4.39. The molecule has 0 bridgehead atoms. The average Bonchev–Trinajstić information content (AvgIpc) is 2.77. The fourth-order valence-corrected chi connectivity index (χ4v) is 2.40. The molecule has 2 aromatic rings. The zero-order chi connectivity index (χ0) is 12.5. The van der Waals surface area contributed by atoms with Crippen LogP contribution in [0.1, 0.15) is 24.4 Å². The van der Waals surface area contributed by atoms with Crippen LogP contribution in [-0.2, 0) is 4.79 Å². The molecule has 2 aromatic heterocycles. The molecule has 0 saturated heterocycles. The SMILES string of the molecule is Cc1cccnc1-c1cnn(C2CC(C=O)C2)c1. The minimum absolute atomic E-state index is 0.222. The summed E-state index contributed by atoms with van der Waals surface area (Å²) in [5.74, 6) is 0.222. The number of carbonyl (C=O) groups is 1. The smallest absolute Gasteiger partial charge is 0.123 e. The molecule has 0 spiro atoms. The van der Waals surface area contributed by atoms with Crippen LogP contribution in [0.4, 0.5) is 0 Å². The van der Waals surface area contributed by atoms with E-state index in [2.05, 4.69) is 10.1 Å². The zero-order valence-corrected chi connectivity index (χ0v) is 10.3. The van der Waals surface area contributed by atoms with Crippen molar-refractivity contribution in [3.63, 3.8) is 0 Å². The van der Waals surface area contributed by atoms with Crippen LogP contribution in [0, 0.1) is 12.8 Å². The van der Waals surface area contributed by atoms with Crippen molar-refractivity contribution in [2.45, 2.75) is 25.8 Å². The monoisotopic (exact) mass is 241 g/mol. The second-order valence-corrected chi connectivity index (χ2v) is 4.90. The number of nitrogens with zero attached hydrogens (tertiary/aromatic N) is 3. The van der Waals surface area contributed by atoms with E-state index in [1.165, 1.54) is 0 Å². The molecule has 1 aliphatic carbocycles. The molecule has 2 heterocycles. The summed E-state index contributed by atoms with van der Waals surface area (Å²) in [7, 11) is 0. The Labute approximate surface area is 106 Å². The van der Waals surface area contributed by atoms with Crippen molar-refractivity contribution in [3.8, 4) is 11.3 Å². The number of carbonyl (C=O) groups excluding carboxylic acids is 1. The highest BCUT2D eigenvalue weighted by Crippen LogP contribution is 2.36. The van der Waals surface area contributed by atoms with Crippen molar-refractivity contribution in [1.29, 1.82) is 0 Å². The van der Waals surface area contributed by atoms with Crippen molar-refractivity contribution in [2.75, 3.05) is 0 Å². The first-order valence-electron chi connectivity index (χ1n) is 6.19. The van der Waals surface area contributed by atoms with Crippen molar-refractivity contribution in [1.82, 2.24) is 14.8 Å². The van der Waals surface area contributed by atoms with Gasteiger partial charge in [0.1, 0.15) is 6.29 Å². The molecule has 1 aliphatic rings. The summed E-state index contributed by atoms with van der Waals surface area (Å²) < 4.78 is 1.96. The molecule has 0 aliphatic heterocycles. The minimum atomic E-state index is 0.222. The second-order valence-electron chi connectivity index (χ2n) is 4.90. The molecule has 0 amide bonds. The third-order valence-electron chi connectivity index (χ3n) is 3.60. The van der Waals surface area contributed by atoms with Crippen LogP contribution in [0.5, 0.6) is 0 Å². The van der Waals surface area contributed by atoms with Gasteiger partial charge in [0.05, 0.1) is 17.9 Å². The zero-order valence-electron chi connectivity index (χ0n) is 10.3. The van der Waals surface area contributed by atoms with Gasteiger partial charge in [-0.2, -0.15) is 5.10 Å². The van der Waals surface area contributed by atoms with E-state index < -0.39 is 0 Å². The molecule has 0 unspecified atom stereocenters. The fourth-order valence-electron chi connectivity index (χ4n) is 2.40. The third-order valence-corrected chi connectivity index (χ3v) is 3.60. The Morgan fingerprint density at radius 2 is 2.28 bits per heavy atom. The minimum Gasteiger partial charge on any atom is -0.303 e. The molecular formula is C14H15N3O. The van der Waals surface area contributed by atoms with Gasteiger partial charge in [0.2, 0.25) is 0 Å². The molecular weight excluding hydrogens is 226 g/mol. The van der Waals surface area contributed by atoms with Crippen LogP contribution in [0.25, 0.3) is 11.3 Å². The maximum atomic E-state index is 10.6. The predicted molar refractivity (Wildman–Crippen MR) is 68.0 cm³/mol. The Kier molecular flexibility index (Phi) is 2.70. The largest absolute Gasteiger partial charge is 0.303 e. The highest BCUT2D eigenvalue weighted by atomic mass is 16.1. The van der Waals surface area contributed by atoms with Crippen molar-refractivity contribution >= 4 is 6.29 Å². The molecule has 18 heavy (non-hydrogen) atoms. The van der Waals surface area contributed by atoms with E-state index in [1.807, 2.05) is 36.1 Å². The molecule has 1 fully saturated rings. The van der Waals surface area contributed by atoms with Crippen LogP contribution in [0.3, 0.4) is 0 Å². The summed E-state index contributed by atoms with van der Waals surface area (Å²) in [5.41, 5.74) is 3.18. The normalized spacial score (nSPS) is 22.5. The maximum Gasteiger partial charge on any atom is 0.123 e. The Morgan fingerprint density at radius 1 is 1.44 bits per heavy atom. The summed E-state index contributed by atoms with van der Waals surface area (Å²) >= 11 is 0. The highest BCUT2D eigenvalue weighted by Gasteiger charge is 2.30. The number of aromatic nitrogens is 3. The van der Waals surface area contributed by atoms with Gasteiger partial charge in [-0.1, -0.05) is 6.07 Å². The Hall–Kier alpha value is -1.97. The molecule has 0 radical (unpaired) electrons. The van der Waals surface area contributed by atoms with Crippen molar-refractivity contribution in [2.24, 2.45) is 5.92 Å². The van der Waals surface area contributed by atoms with Gasteiger partial charge >= 0.3 is 0 Å². The Morgan fingerprint density at radius 3 is 3.00 bits per heavy atom. The third kappa shape index (κ3) is 1.83. The molecule has 0 atom stereocenters. The van der Waals surface area contributed by atoms with E-state index in [4.69, 9.17) is 0 Å². The number of aryl methyl sites for hydroxylation is 1. The second kappa shape index (κ2) is 4.37. The first kappa shape index (κ1) is 11.1. The van der Waals surface area contributed by atoms with Gasteiger partial charge < -0.3 is 4.79 Å². The van der Waals surface area contributed by atoms with Gasteiger partial charge in [-0.25, -0.2) is 0 Å². The molecule has 92 valence electrons. The van der Waals surface area contributed by atoms with Crippen LogP contribution < -0.4 is 0 Å². The van der Waals surface area contributed by atoms with E-state index in [1.54, 1.807) is 6.20 Å². The Balaban J connectivity index is 1.82. The maximum absolute atomic E-state index is 10.6. The predicted octanol–water partition coefficient (Wildman–Crippen LogP) is 2.40. The Bertz CT molecular complexity index is 570. The number of pyridine rings is 1. The number of hydrogen-bond donors (Lipinski definition) is 0. The first-order chi connectivity index (χ1) is 8.78. The lowest BCUT2D eigenvalue weighted by Crippen LogP contribution is -2.27. The molecule has 4 nitrogen and oxygen atoms in total. The highest BCUT2D eigenvalue weighted by molar-refractivity contribution is 5.61. The van der Waals surface area contributed by atoms with E-state index in [9.17, 15) is 4.79 Å². The first-order valence-corrected chi connectivity index (χ1v) is 6.19.